The van der Waals surface area contributed by atoms with Crippen molar-refractivity contribution in [3.8, 4) is 11.5 Å². The number of rotatable bonds is 9. The second-order valence-electron chi connectivity index (χ2n) is 8.74. The highest BCUT2D eigenvalue weighted by Crippen LogP contribution is 2.21. The van der Waals surface area contributed by atoms with Gasteiger partial charge in [0, 0.05) is 26.2 Å². The van der Waals surface area contributed by atoms with E-state index in [0.717, 1.165) is 61.8 Å². The average molecular weight is 474 g/mol. The highest BCUT2D eigenvalue weighted by Gasteiger charge is 2.17. The van der Waals surface area contributed by atoms with Crippen LogP contribution in [-0.2, 0) is 17.9 Å². The van der Waals surface area contributed by atoms with Gasteiger partial charge in [-0.25, -0.2) is 4.79 Å². The number of nitrogens with zero attached hydrogens (tertiary/aromatic N) is 2. The topological polar surface area (TPSA) is 82.1 Å². The summed E-state index contributed by atoms with van der Waals surface area (Å²) in [5.41, 5.74) is 2.43. The lowest BCUT2D eigenvalue weighted by molar-refractivity contribution is -0.122. The lowest BCUT2D eigenvalue weighted by atomic mass is 10.1. The average Bonchev–Trinajstić information content (AvgIpc) is 3.09. The Bertz CT molecular complexity index is 1100. The molecule has 1 fully saturated rings. The maximum absolute atomic E-state index is 12.5. The molecule has 3 aromatic carbocycles. The van der Waals surface area contributed by atoms with Gasteiger partial charge in [-0.05, 0) is 67.0 Å². The Hall–Kier alpha value is -3.68. The van der Waals surface area contributed by atoms with E-state index in [2.05, 4.69) is 15.1 Å². The molecule has 182 valence electrons. The van der Waals surface area contributed by atoms with E-state index in [-0.39, 0.29) is 5.91 Å². The molecule has 7 heteroatoms. The lowest BCUT2D eigenvalue weighted by Crippen LogP contribution is -2.39. The van der Waals surface area contributed by atoms with E-state index in [0.29, 0.717) is 18.7 Å². The number of para-hydroxylation sites is 1. The van der Waals surface area contributed by atoms with Gasteiger partial charge in [-0.3, -0.25) is 14.6 Å². The third kappa shape index (κ3) is 7.67. The van der Waals surface area contributed by atoms with Crippen LogP contribution in [0.4, 0.5) is 0 Å². The van der Waals surface area contributed by atoms with Crippen molar-refractivity contribution in [2.24, 2.45) is 0 Å². The summed E-state index contributed by atoms with van der Waals surface area (Å²) in [6.07, 6.45) is 0.989. The number of nitrogens with one attached hydrogen (secondary N) is 1. The van der Waals surface area contributed by atoms with Gasteiger partial charge >= 0.3 is 5.97 Å². The number of hydrogen-bond donors (Lipinski definition) is 2. The molecule has 4 rings (SSSR count). The van der Waals surface area contributed by atoms with Crippen LogP contribution in [-0.4, -0.2) is 59.5 Å². The molecule has 0 spiro atoms. The molecule has 1 heterocycles. The van der Waals surface area contributed by atoms with E-state index < -0.39 is 5.97 Å². The SMILES string of the molecule is O=C(CN1CCCN(Cc2ccc(C(=O)O)cc2)CC1)NCc1ccc(Oc2ccccc2)cc1. The molecule has 7 nitrogen and oxygen atoms in total. The number of ether oxygens (including phenoxy) is 1. The highest BCUT2D eigenvalue weighted by atomic mass is 16.5. The summed E-state index contributed by atoms with van der Waals surface area (Å²) in [5, 5.41) is 12.1. The van der Waals surface area contributed by atoms with Gasteiger partial charge in [0.05, 0.1) is 12.1 Å². The Balaban J connectivity index is 1.18. The van der Waals surface area contributed by atoms with Crippen LogP contribution in [0.3, 0.4) is 0 Å². The van der Waals surface area contributed by atoms with Crippen LogP contribution in [0.15, 0.2) is 78.9 Å². The number of aromatic carboxylic acids is 1. The van der Waals surface area contributed by atoms with Crippen molar-refractivity contribution >= 4 is 11.9 Å². The number of hydrogen-bond acceptors (Lipinski definition) is 5. The largest absolute Gasteiger partial charge is 0.478 e. The fourth-order valence-electron chi connectivity index (χ4n) is 4.11. The van der Waals surface area contributed by atoms with Gasteiger partial charge in [0.15, 0.2) is 0 Å². The van der Waals surface area contributed by atoms with Crippen molar-refractivity contribution in [2.75, 3.05) is 32.7 Å². The molecule has 35 heavy (non-hydrogen) atoms. The zero-order valence-electron chi connectivity index (χ0n) is 19.7. The molecular weight excluding hydrogens is 442 g/mol. The van der Waals surface area contributed by atoms with Crippen LogP contribution in [0.2, 0.25) is 0 Å². The van der Waals surface area contributed by atoms with E-state index in [1.54, 1.807) is 12.1 Å². The summed E-state index contributed by atoms with van der Waals surface area (Å²) in [6.45, 7) is 5.18. The van der Waals surface area contributed by atoms with Gasteiger partial charge in [0.2, 0.25) is 5.91 Å². The molecular formula is C28H31N3O4. The molecule has 0 saturated carbocycles. The maximum atomic E-state index is 12.5. The van der Waals surface area contributed by atoms with Gasteiger partial charge in [-0.2, -0.15) is 0 Å². The molecule has 1 aliphatic heterocycles. The Morgan fingerprint density at radius 2 is 1.40 bits per heavy atom. The standard InChI is InChI=1S/C28H31N3O4/c32-27(29-19-22-9-13-26(14-10-22)35-25-5-2-1-3-6-25)21-31-16-4-15-30(17-18-31)20-23-7-11-24(12-8-23)28(33)34/h1-3,5-14H,4,15-21H2,(H,29,32)(H,33,34). The first-order valence-electron chi connectivity index (χ1n) is 11.9. The Morgan fingerprint density at radius 1 is 0.771 bits per heavy atom. The fourth-order valence-corrected chi connectivity index (χ4v) is 4.11. The Morgan fingerprint density at radius 3 is 2.11 bits per heavy atom. The normalized spacial score (nSPS) is 14.7. The molecule has 1 aliphatic rings. The van der Waals surface area contributed by atoms with Crippen molar-refractivity contribution < 1.29 is 19.4 Å². The van der Waals surface area contributed by atoms with Crippen LogP contribution >= 0.6 is 0 Å². The summed E-state index contributed by atoms with van der Waals surface area (Å²) in [6, 6.07) is 24.4. The van der Waals surface area contributed by atoms with Gasteiger partial charge in [-0.1, -0.05) is 42.5 Å². The van der Waals surface area contributed by atoms with Gasteiger partial charge in [0.1, 0.15) is 11.5 Å². The number of carboxylic acid groups (broad SMARTS) is 1. The Labute approximate surface area is 205 Å². The molecule has 0 unspecified atom stereocenters. The molecule has 0 atom stereocenters. The van der Waals surface area contributed by atoms with Crippen LogP contribution < -0.4 is 10.1 Å². The molecule has 0 radical (unpaired) electrons. The zero-order chi connectivity index (χ0) is 24.5. The van der Waals surface area contributed by atoms with Crippen molar-refractivity contribution in [1.82, 2.24) is 15.1 Å². The molecule has 3 aromatic rings. The first-order chi connectivity index (χ1) is 17.0. The number of carbonyl (C=O) groups is 2. The van der Waals surface area contributed by atoms with Crippen molar-refractivity contribution in [3.63, 3.8) is 0 Å². The molecule has 1 saturated heterocycles. The molecule has 1 amide bonds. The fraction of sp³-hybridized carbons (Fsp3) is 0.286. The number of amides is 1. The molecule has 0 bridgehead atoms. The van der Waals surface area contributed by atoms with Crippen LogP contribution in [0.1, 0.15) is 27.9 Å². The summed E-state index contributed by atoms with van der Waals surface area (Å²) < 4.78 is 5.81. The zero-order valence-corrected chi connectivity index (χ0v) is 19.7. The summed E-state index contributed by atoms with van der Waals surface area (Å²) >= 11 is 0. The lowest BCUT2D eigenvalue weighted by Gasteiger charge is -2.21. The molecule has 2 N–H and O–H groups in total. The predicted octanol–water partition coefficient (Wildman–Crippen LogP) is 4.00. The quantitative estimate of drug-likeness (QED) is 0.489. The third-order valence-electron chi connectivity index (χ3n) is 6.05. The minimum absolute atomic E-state index is 0.0207. The van der Waals surface area contributed by atoms with Gasteiger partial charge in [0.25, 0.3) is 0 Å². The minimum atomic E-state index is -0.908. The number of benzene rings is 3. The molecule has 0 aliphatic carbocycles. The first kappa shape index (κ1) is 24.4. The summed E-state index contributed by atoms with van der Waals surface area (Å²) in [5.74, 6) is 0.667. The predicted molar refractivity (Wildman–Crippen MR) is 135 cm³/mol. The number of carboxylic acids is 1. The van der Waals surface area contributed by atoms with Crippen molar-refractivity contribution in [1.29, 1.82) is 0 Å². The van der Waals surface area contributed by atoms with Gasteiger partial charge in [-0.15, -0.1) is 0 Å². The van der Waals surface area contributed by atoms with Crippen molar-refractivity contribution in [2.45, 2.75) is 19.5 Å². The Kier molecular flexibility index (Phi) is 8.48. The van der Waals surface area contributed by atoms with Crippen LogP contribution in [0.5, 0.6) is 11.5 Å². The number of carbonyl (C=O) groups excluding carboxylic acids is 1. The third-order valence-corrected chi connectivity index (χ3v) is 6.05. The van der Waals surface area contributed by atoms with E-state index in [1.165, 1.54) is 0 Å². The smallest absolute Gasteiger partial charge is 0.335 e. The van der Waals surface area contributed by atoms with Crippen LogP contribution in [0, 0.1) is 0 Å². The van der Waals surface area contributed by atoms with E-state index in [1.807, 2.05) is 66.7 Å². The second kappa shape index (κ2) is 12.1. The second-order valence-corrected chi connectivity index (χ2v) is 8.74. The summed E-state index contributed by atoms with van der Waals surface area (Å²) in [7, 11) is 0. The monoisotopic (exact) mass is 473 g/mol. The highest BCUT2D eigenvalue weighted by molar-refractivity contribution is 5.87. The van der Waals surface area contributed by atoms with Crippen LogP contribution in [0.25, 0.3) is 0 Å². The maximum Gasteiger partial charge on any atom is 0.335 e. The van der Waals surface area contributed by atoms with E-state index in [9.17, 15) is 9.59 Å². The first-order valence-corrected chi connectivity index (χ1v) is 11.9. The van der Waals surface area contributed by atoms with E-state index in [4.69, 9.17) is 9.84 Å². The molecule has 0 aromatic heterocycles. The van der Waals surface area contributed by atoms with E-state index >= 15 is 0 Å². The minimum Gasteiger partial charge on any atom is -0.478 e. The summed E-state index contributed by atoms with van der Waals surface area (Å²) in [4.78, 5) is 28.1. The van der Waals surface area contributed by atoms with Crippen molar-refractivity contribution in [3.05, 3.63) is 95.6 Å². The van der Waals surface area contributed by atoms with Gasteiger partial charge < -0.3 is 15.2 Å².